The van der Waals surface area contributed by atoms with Crippen molar-refractivity contribution in [2.45, 2.75) is 71.0 Å². The van der Waals surface area contributed by atoms with Crippen molar-refractivity contribution in [2.24, 2.45) is 0 Å². The number of pyridine rings is 1. The smallest absolute Gasteiger partial charge is 0.128 e. The van der Waals surface area contributed by atoms with Gasteiger partial charge in [0, 0.05) is 25.2 Å². The third-order valence-corrected chi connectivity index (χ3v) is 4.08. The molecule has 1 aromatic rings. The minimum absolute atomic E-state index is 0.132. The molecule has 2 rings (SSSR count). The number of hydrogen-bond acceptors (Lipinski definition) is 3. The van der Waals surface area contributed by atoms with Gasteiger partial charge in [-0.1, -0.05) is 25.3 Å². The molecule has 0 bridgehead atoms. The second kappa shape index (κ2) is 6.57. The van der Waals surface area contributed by atoms with Gasteiger partial charge in [0.2, 0.25) is 0 Å². The average molecular weight is 275 g/mol. The molecule has 112 valence electrons. The maximum absolute atomic E-state index is 4.81. The first-order valence-electron chi connectivity index (χ1n) is 7.89. The zero-order valence-electron chi connectivity index (χ0n) is 13.4. The number of aromatic nitrogens is 1. The molecule has 0 amide bonds. The predicted octanol–water partition coefficient (Wildman–Crippen LogP) is 3.74. The largest absolute Gasteiger partial charge is 0.357 e. The van der Waals surface area contributed by atoms with Gasteiger partial charge in [-0.05, 0) is 45.7 Å². The Bertz CT molecular complexity index is 416. The topological polar surface area (TPSA) is 28.2 Å². The fraction of sp³-hybridized carbons (Fsp3) is 0.706. The van der Waals surface area contributed by atoms with E-state index in [0.717, 1.165) is 18.1 Å². The molecule has 0 aromatic carbocycles. The molecule has 0 saturated heterocycles. The van der Waals surface area contributed by atoms with Gasteiger partial charge < -0.3 is 10.2 Å². The lowest BCUT2D eigenvalue weighted by Crippen LogP contribution is -2.36. The van der Waals surface area contributed by atoms with Crippen molar-refractivity contribution >= 4 is 5.82 Å². The first kappa shape index (κ1) is 15.3. The first-order chi connectivity index (χ1) is 9.46. The quantitative estimate of drug-likeness (QED) is 0.907. The Morgan fingerprint density at radius 2 is 1.90 bits per heavy atom. The summed E-state index contributed by atoms with van der Waals surface area (Å²) in [6.07, 6.45) is 6.74. The number of rotatable bonds is 4. The molecule has 0 radical (unpaired) electrons. The third-order valence-electron chi connectivity index (χ3n) is 4.08. The Hall–Kier alpha value is -1.09. The SMILES string of the molecule is CN(c1cccc(CNC(C)(C)C)n1)C1CCCCC1. The van der Waals surface area contributed by atoms with Gasteiger partial charge >= 0.3 is 0 Å². The second-order valence-electron chi connectivity index (χ2n) is 6.99. The molecule has 1 fully saturated rings. The standard InChI is InChI=1S/C17H29N3/c1-17(2,3)18-13-14-9-8-12-16(19-14)20(4)15-10-6-5-7-11-15/h8-9,12,15,18H,5-7,10-11,13H2,1-4H3. The molecule has 3 nitrogen and oxygen atoms in total. The van der Waals surface area contributed by atoms with Gasteiger partial charge in [0.05, 0.1) is 5.69 Å². The van der Waals surface area contributed by atoms with Crippen LogP contribution < -0.4 is 10.2 Å². The van der Waals surface area contributed by atoms with Crippen molar-refractivity contribution in [2.75, 3.05) is 11.9 Å². The highest BCUT2D eigenvalue weighted by molar-refractivity contribution is 5.39. The Balaban J connectivity index is 2.01. The zero-order valence-corrected chi connectivity index (χ0v) is 13.4. The van der Waals surface area contributed by atoms with Gasteiger partial charge in [0.1, 0.15) is 5.82 Å². The van der Waals surface area contributed by atoms with Crippen LogP contribution in [0.3, 0.4) is 0 Å². The highest BCUT2D eigenvalue weighted by atomic mass is 15.2. The first-order valence-corrected chi connectivity index (χ1v) is 7.89. The summed E-state index contributed by atoms with van der Waals surface area (Å²) in [4.78, 5) is 7.19. The lowest BCUT2D eigenvalue weighted by molar-refractivity contribution is 0.418. The summed E-state index contributed by atoms with van der Waals surface area (Å²) < 4.78 is 0. The summed E-state index contributed by atoms with van der Waals surface area (Å²) in [5.41, 5.74) is 1.26. The predicted molar refractivity (Wildman–Crippen MR) is 86.1 cm³/mol. The zero-order chi connectivity index (χ0) is 14.6. The van der Waals surface area contributed by atoms with Crippen molar-refractivity contribution in [3.63, 3.8) is 0 Å². The van der Waals surface area contributed by atoms with Crippen LogP contribution in [0.4, 0.5) is 5.82 Å². The van der Waals surface area contributed by atoms with Crippen LogP contribution >= 0.6 is 0 Å². The third kappa shape index (κ3) is 4.48. The van der Waals surface area contributed by atoms with Crippen LogP contribution in [0, 0.1) is 0 Å². The van der Waals surface area contributed by atoms with Gasteiger partial charge in [-0.15, -0.1) is 0 Å². The minimum atomic E-state index is 0.132. The van der Waals surface area contributed by atoms with Crippen LogP contribution in [0.15, 0.2) is 18.2 Å². The summed E-state index contributed by atoms with van der Waals surface area (Å²) in [5.74, 6) is 1.12. The Kier molecular flexibility index (Phi) is 5.03. The molecule has 0 aliphatic heterocycles. The molecule has 1 aliphatic carbocycles. The summed E-state index contributed by atoms with van der Waals surface area (Å²) in [6.45, 7) is 7.39. The lowest BCUT2D eigenvalue weighted by Gasteiger charge is -2.32. The van der Waals surface area contributed by atoms with E-state index in [1.165, 1.54) is 32.1 Å². The molecule has 0 unspecified atom stereocenters. The Labute approximate surface area is 123 Å². The summed E-state index contributed by atoms with van der Waals surface area (Å²) in [6, 6.07) is 7.04. The monoisotopic (exact) mass is 275 g/mol. The molecule has 0 spiro atoms. The van der Waals surface area contributed by atoms with Crippen LogP contribution in [-0.4, -0.2) is 23.6 Å². The maximum atomic E-state index is 4.81. The van der Waals surface area contributed by atoms with Crippen LogP contribution in [-0.2, 0) is 6.54 Å². The molecule has 20 heavy (non-hydrogen) atoms. The number of nitrogens with zero attached hydrogens (tertiary/aromatic N) is 2. The molecule has 1 saturated carbocycles. The van der Waals surface area contributed by atoms with Crippen LogP contribution in [0.25, 0.3) is 0 Å². The van der Waals surface area contributed by atoms with E-state index in [2.05, 4.69) is 56.2 Å². The summed E-state index contributed by atoms with van der Waals surface area (Å²) in [5, 5.41) is 3.50. The fourth-order valence-corrected chi connectivity index (χ4v) is 2.77. The van der Waals surface area contributed by atoms with E-state index in [-0.39, 0.29) is 5.54 Å². The van der Waals surface area contributed by atoms with Gasteiger partial charge in [-0.25, -0.2) is 4.98 Å². The number of anilines is 1. The summed E-state index contributed by atoms with van der Waals surface area (Å²) in [7, 11) is 2.19. The molecule has 3 heteroatoms. The van der Waals surface area contributed by atoms with Crippen LogP contribution in [0.2, 0.25) is 0 Å². The second-order valence-corrected chi connectivity index (χ2v) is 6.99. The van der Waals surface area contributed by atoms with E-state index >= 15 is 0 Å². The van der Waals surface area contributed by atoms with Crippen molar-refractivity contribution in [1.82, 2.24) is 10.3 Å². The highest BCUT2D eigenvalue weighted by Crippen LogP contribution is 2.25. The van der Waals surface area contributed by atoms with Gasteiger partial charge in [-0.3, -0.25) is 0 Å². The Morgan fingerprint density at radius 3 is 2.55 bits per heavy atom. The van der Waals surface area contributed by atoms with E-state index in [9.17, 15) is 0 Å². The van der Waals surface area contributed by atoms with E-state index in [1.807, 2.05) is 0 Å². The van der Waals surface area contributed by atoms with E-state index in [4.69, 9.17) is 4.98 Å². The van der Waals surface area contributed by atoms with Crippen molar-refractivity contribution in [3.05, 3.63) is 23.9 Å². The maximum Gasteiger partial charge on any atom is 0.128 e. The lowest BCUT2D eigenvalue weighted by atomic mass is 9.94. The van der Waals surface area contributed by atoms with E-state index < -0.39 is 0 Å². The fourth-order valence-electron chi connectivity index (χ4n) is 2.77. The molecule has 0 atom stereocenters. The number of hydrogen-bond donors (Lipinski definition) is 1. The molecule has 1 aromatic heterocycles. The minimum Gasteiger partial charge on any atom is -0.357 e. The molecular weight excluding hydrogens is 246 g/mol. The van der Waals surface area contributed by atoms with Crippen molar-refractivity contribution in [1.29, 1.82) is 0 Å². The van der Waals surface area contributed by atoms with Gasteiger partial charge in [-0.2, -0.15) is 0 Å². The normalized spacial score (nSPS) is 17.2. The van der Waals surface area contributed by atoms with E-state index in [0.29, 0.717) is 6.04 Å². The number of nitrogens with one attached hydrogen (secondary N) is 1. The van der Waals surface area contributed by atoms with Gasteiger partial charge in [0.15, 0.2) is 0 Å². The molecule has 1 N–H and O–H groups in total. The van der Waals surface area contributed by atoms with Crippen molar-refractivity contribution in [3.8, 4) is 0 Å². The summed E-state index contributed by atoms with van der Waals surface area (Å²) >= 11 is 0. The van der Waals surface area contributed by atoms with Crippen LogP contribution in [0.5, 0.6) is 0 Å². The highest BCUT2D eigenvalue weighted by Gasteiger charge is 2.19. The molecular formula is C17H29N3. The van der Waals surface area contributed by atoms with Crippen LogP contribution in [0.1, 0.15) is 58.6 Å². The van der Waals surface area contributed by atoms with Gasteiger partial charge in [0.25, 0.3) is 0 Å². The average Bonchev–Trinajstić information content (AvgIpc) is 2.45. The van der Waals surface area contributed by atoms with E-state index in [1.54, 1.807) is 0 Å². The van der Waals surface area contributed by atoms with Crippen molar-refractivity contribution < 1.29 is 0 Å². The Morgan fingerprint density at radius 1 is 1.20 bits per heavy atom. The molecule has 1 heterocycles. The molecule has 1 aliphatic rings.